The number of amides is 1. The maximum Gasteiger partial charge on any atom is 0.309 e. The van der Waals surface area contributed by atoms with E-state index in [0.717, 1.165) is 44.6 Å². The topological polar surface area (TPSA) is 82.5 Å². The summed E-state index contributed by atoms with van der Waals surface area (Å²) in [6.07, 6.45) is 7.13. The summed E-state index contributed by atoms with van der Waals surface area (Å²) >= 11 is 0. The van der Waals surface area contributed by atoms with Crippen LogP contribution in [-0.2, 0) is 4.79 Å². The minimum atomic E-state index is -0.671. The molecule has 4 aliphatic rings. The molecule has 2 heterocycles. The average molecular weight is 357 g/mol. The molecular formula is C20H27N3O3. The highest BCUT2D eigenvalue weighted by molar-refractivity contribution is 5.95. The van der Waals surface area contributed by atoms with Crippen LogP contribution in [0.25, 0.3) is 0 Å². The number of carboxylic acids is 1. The third kappa shape index (κ3) is 2.95. The van der Waals surface area contributed by atoms with E-state index in [-0.39, 0.29) is 11.4 Å². The monoisotopic (exact) mass is 357 g/mol. The van der Waals surface area contributed by atoms with Gasteiger partial charge in [0, 0.05) is 30.4 Å². The van der Waals surface area contributed by atoms with E-state index in [1.54, 1.807) is 12.3 Å². The Hall–Kier alpha value is -2.11. The molecule has 1 aliphatic heterocycles. The molecule has 26 heavy (non-hydrogen) atoms. The molecule has 1 saturated heterocycles. The molecule has 3 aliphatic carbocycles. The smallest absolute Gasteiger partial charge is 0.309 e. The lowest BCUT2D eigenvalue weighted by atomic mass is 9.57. The average Bonchev–Trinajstić information content (AvgIpc) is 3.09. The van der Waals surface area contributed by atoms with Gasteiger partial charge in [0.05, 0.1) is 5.41 Å². The number of carboxylic acid groups (broad SMARTS) is 1. The van der Waals surface area contributed by atoms with E-state index >= 15 is 0 Å². The van der Waals surface area contributed by atoms with Crippen molar-refractivity contribution in [3.8, 4) is 0 Å². The van der Waals surface area contributed by atoms with Gasteiger partial charge in [0.25, 0.3) is 5.91 Å². The number of carbonyl (C=O) groups is 2. The summed E-state index contributed by atoms with van der Waals surface area (Å²) in [5.74, 6) is 0.796. The molecule has 1 unspecified atom stereocenters. The molecule has 3 saturated carbocycles. The largest absolute Gasteiger partial charge is 0.481 e. The fraction of sp³-hybridized carbons (Fsp3) is 0.650. The molecule has 6 nitrogen and oxygen atoms in total. The minimum Gasteiger partial charge on any atom is -0.481 e. The number of anilines is 1. The second-order valence-electron chi connectivity index (χ2n) is 8.56. The summed E-state index contributed by atoms with van der Waals surface area (Å²) in [7, 11) is 0. The first-order valence-corrected chi connectivity index (χ1v) is 9.68. The van der Waals surface area contributed by atoms with Crippen LogP contribution in [-0.4, -0.2) is 40.6 Å². The van der Waals surface area contributed by atoms with Crippen molar-refractivity contribution < 1.29 is 14.7 Å². The van der Waals surface area contributed by atoms with Crippen LogP contribution in [0.3, 0.4) is 0 Å². The van der Waals surface area contributed by atoms with Crippen molar-refractivity contribution in [2.75, 3.05) is 18.0 Å². The molecule has 0 aromatic carbocycles. The highest BCUT2D eigenvalue weighted by Gasteiger charge is 2.53. The maximum absolute atomic E-state index is 12.9. The number of aliphatic carboxylic acids is 1. The second-order valence-corrected chi connectivity index (χ2v) is 8.56. The van der Waals surface area contributed by atoms with E-state index in [0.29, 0.717) is 30.7 Å². The molecule has 1 atom stereocenters. The molecule has 5 rings (SSSR count). The normalized spacial score (nSPS) is 33.3. The highest BCUT2D eigenvalue weighted by Crippen LogP contribution is 2.52. The summed E-state index contributed by atoms with van der Waals surface area (Å²) in [4.78, 5) is 31.1. The van der Waals surface area contributed by atoms with Gasteiger partial charge in [0.1, 0.15) is 5.82 Å². The van der Waals surface area contributed by atoms with Crippen LogP contribution >= 0.6 is 0 Å². The number of nitrogens with zero attached hydrogens (tertiary/aromatic N) is 2. The number of fused-ring (bicyclic) bond motifs is 3. The van der Waals surface area contributed by atoms with Crippen molar-refractivity contribution in [2.45, 2.75) is 57.4 Å². The van der Waals surface area contributed by atoms with Crippen LogP contribution in [0.1, 0.15) is 62.2 Å². The molecule has 1 amide bonds. The lowest BCUT2D eigenvalue weighted by Crippen LogP contribution is -2.58. The van der Waals surface area contributed by atoms with Gasteiger partial charge in [0.15, 0.2) is 0 Å². The third-order valence-corrected chi connectivity index (χ3v) is 6.83. The third-order valence-electron chi connectivity index (χ3n) is 6.83. The molecule has 2 N–H and O–H groups in total. The predicted molar refractivity (Wildman–Crippen MR) is 98.2 cm³/mol. The van der Waals surface area contributed by atoms with Gasteiger partial charge in [-0.05, 0) is 63.0 Å². The number of nitrogens with one attached hydrogen (secondary N) is 1. The quantitative estimate of drug-likeness (QED) is 0.866. The Morgan fingerprint density at radius 2 is 1.92 bits per heavy atom. The van der Waals surface area contributed by atoms with E-state index < -0.39 is 11.4 Å². The lowest BCUT2D eigenvalue weighted by molar-refractivity contribution is -0.156. The molecular weight excluding hydrogens is 330 g/mol. The van der Waals surface area contributed by atoms with Crippen molar-refractivity contribution >= 4 is 17.7 Å². The van der Waals surface area contributed by atoms with Gasteiger partial charge < -0.3 is 15.3 Å². The van der Waals surface area contributed by atoms with Crippen molar-refractivity contribution in [3.05, 3.63) is 23.9 Å². The van der Waals surface area contributed by atoms with Crippen LogP contribution in [0.4, 0.5) is 5.82 Å². The number of rotatable bonds is 4. The molecule has 1 aromatic heterocycles. The zero-order valence-electron chi connectivity index (χ0n) is 15.3. The fourth-order valence-corrected chi connectivity index (χ4v) is 4.88. The second kappa shape index (κ2) is 6.25. The standard InChI is InChI=1S/C20H27N3O3/c1-14-3-11-23(13-14)16-12-15(2-10-21-16)17(24)22-20-7-4-19(5-8-20,6-9-20)18(25)26/h2,10,12,14H,3-9,11,13H2,1H3,(H,22,24)(H,25,26). The first-order chi connectivity index (χ1) is 12.4. The number of hydrogen-bond acceptors (Lipinski definition) is 4. The molecule has 0 spiro atoms. The molecule has 140 valence electrons. The molecule has 0 radical (unpaired) electrons. The van der Waals surface area contributed by atoms with E-state index in [1.165, 1.54) is 0 Å². The number of aromatic nitrogens is 1. The van der Waals surface area contributed by atoms with Crippen LogP contribution in [0.2, 0.25) is 0 Å². The Bertz CT molecular complexity index is 708. The van der Waals surface area contributed by atoms with Crippen molar-refractivity contribution in [1.82, 2.24) is 10.3 Å². The van der Waals surface area contributed by atoms with Gasteiger partial charge in [-0.15, -0.1) is 0 Å². The number of carbonyl (C=O) groups excluding carboxylic acids is 1. The SMILES string of the molecule is CC1CCN(c2cc(C(=O)NC34CCC(C(=O)O)(CC3)CC4)ccn2)C1. The Balaban J connectivity index is 1.45. The van der Waals surface area contributed by atoms with E-state index in [2.05, 4.69) is 22.1 Å². The van der Waals surface area contributed by atoms with Gasteiger partial charge in [-0.25, -0.2) is 4.98 Å². The maximum atomic E-state index is 12.9. The van der Waals surface area contributed by atoms with E-state index in [1.807, 2.05) is 6.07 Å². The van der Waals surface area contributed by atoms with Crippen molar-refractivity contribution in [3.63, 3.8) is 0 Å². The van der Waals surface area contributed by atoms with E-state index in [4.69, 9.17) is 0 Å². The van der Waals surface area contributed by atoms with Gasteiger partial charge in [0.2, 0.25) is 0 Å². The molecule has 6 heteroatoms. The zero-order chi connectivity index (χ0) is 18.4. The molecule has 2 bridgehead atoms. The Morgan fingerprint density at radius 3 is 2.50 bits per heavy atom. The zero-order valence-corrected chi connectivity index (χ0v) is 15.3. The minimum absolute atomic E-state index is 0.0642. The first kappa shape index (κ1) is 17.3. The summed E-state index contributed by atoms with van der Waals surface area (Å²) in [5.41, 5.74) is -0.146. The van der Waals surface area contributed by atoms with Crippen molar-refractivity contribution in [2.24, 2.45) is 11.3 Å². The van der Waals surface area contributed by atoms with E-state index in [9.17, 15) is 14.7 Å². The Kier molecular flexibility index (Phi) is 4.16. The highest BCUT2D eigenvalue weighted by atomic mass is 16.4. The summed E-state index contributed by atoms with van der Waals surface area (Å²) in [6, 6.07) is 3.65. The van der Waals surface area contributed by atoms with Gasteiger partial charge in [-0.3, -0.25) is 9.59 Å². The lowest BCUT2D eigenvalue weighted by Gasteiger charge is -2.51. The van der Waals surface area contributed by atoms with Crippen LogP contribution in [0.15, 0.2) is 18.3 Å². The van der Waals surface area contributed by atoms with Gasteiger partial charge in [-0.2, -0.15) is 0 Å². The fourth-order valence-electron chi connectivity index (χ4n) is 4.88. The summed E-state index contributed by atoms with van der Waals surface area (Å²) in [5, 5.41) is 12.8. The molecule has 4 fully saturated rings. The summed E-state index contributed by atoms with van der Waals surface area (Å²) < 4.78 is 0. The van der Waals surface area contributed by atoms with Gasteiger partial charge >= 0.3 is 5.97 Å². The Morgan fingerprint density at radius 1 is 1.23 bits per heavy atom. The number of hydrogen-bond donors (Lipinski definition) is 2. The predicted octanol–water partition coefficient (Wildman–Crippen LogP) is 2.84. The van der Waals surface area contributed by atoms with Crippen molar-refractivity contribution in [1.29, 1.82) is 0 Å². The van der Waals surface area contributed by atoms with Crippen LogP contribution in [0.5, 0.6) is 0 Å². The first-order valence-electron chi connectivity index (χ1n) is 9.68. The molecule has 1 aromatic rings. The summed E-state index contributed by atoms with van der Waals surface area (Å²) in [6.45, 7) is 4.21. The van der Waals surface area contributed by atoms with Crippen LogP contribution < -0.4 is 10.2 Å². The Labute approximate surface area is 154 Å². The van der Waals surface area contributed by atoms with Crippen LogP contribution in [0, 0.1) is 11.3 Å². The number of pyridine rings is 1. The van der Waals surface area contributed by atoms with Gasteiger partial charge in [-0.1, -0.05) is 6.92 Å².